The minimum absolute atomic E-state index is 0.111. The van der Waals surface area contributed by atoms with Gasteiger partial charge in [-0.3, -0.25) is 10.2 Å². The molecule has 34 heavy (non-hydrogen) atoms. The molecule has 0 saturated heterocycles. The lowest BCUT2D eigenvalue weighted by Crippen LogP contribution is -2.35. The third-order valence-corrected chi connectivity index (χ3v) is 6.65. The van der Waals surface area contributed by atoms with E-state index in [4.69, 9.17) is 5.41 Å². The number of amidine groups is 2. The third-order valence-electron chi connectivity index (χ3n) is 5.70. The van der Waals surface area contributed by atoms with Gasteiger partial charge in [-0.25, -0.2) is 0 Å². The van der Waals surface area contributed by atoms with E-state index < -0.39 is 23.0 Å². The number of carbonyl (C=O) groups is 1. The van der Waals surface area contributed by atoms with Crippen molar-refractivity contribution in [3.05, 3.63) is 76.5 Å². The number of benzene rings is 2. The second-order valence-corrected chi connectivity index (χ2v) is 8.97. The van der Waals surface area contributed by atoms with E-state index in [1.807, 2.05) is 62.4 Å². The molecule has 0 unspecified atom stereocenters. The molecule has 0 saturated carbocycles. The molecular formula is C24H18F3N5OS. The molecule has 0 fully saturated rings. The van der Waals surface area contributed by atoms with Crippen LogP contribution >= 0.6 is 11.8 Å². The molecule has 3 heterocycles. The molecule has 1 amide bonds. The lowest BCUT2D eigenvalue weighted by Gasteiger charge is -2.20. The summed E-state index contributed by atoms with van der Waals surface area (Å²) in [7, 11) is 0. The first-order valence-electron chi connectivity index (χ1n) is 10.3. The Hall–Kier alpha value is -3.66. The highest BCUT2D eigenvalue weighted by atomic mass is 32.2. The van der Waals surface area contributed by atoms with Gasteiger partial charge >= 0.3 is 6.18 Å². The van der Waals surface area contributed by atoms with Crippen molar-refractivity contribution in [1.82, 2.24) is 9.58 Å². The van der Waals surface area contributed by atoms with Crippen LogP contribution < -0.4 is 0 Å². The highest BCUT2D eigenvalue weighted by Gasteiger charge is 2.46. The number of nitrogens with one attached hydrogen (secondary N) is 1. The molecule has 1 N–H and O–H groups in total. The number of aryl methyl sites for hydroxylation is 1. The van der Waals surface area contributed by atoms with Gasteiger partial charge in [-0.05, 0) is 49.4 Å². The Morgan fingerprint density at radius 3 is 2.56 bits per heavy atom. The molecule has 10 heteroatoms. The summed E-state index contributed by atoms with van der Waals surface area (Å²) in [4.78, 5) is 16.5. The van der Waals surface area contributed by atoms with Gasteiger partial charge in [0.15, 0.2) is 5.84 Å². The second kappa shape index (κ2) is 7.98. The fourth-order valence-electron chi connectivity index (χ4n) is 4.02. The molecule has 2 aromatic carbocycles. The van der Waals surface area contributed by atoms with Crippen LogP contribution in [0.2, 0.25) is 0 Å². The van der Waals surface area contributed by atoms with E-state index in [1.54, 1.807) is 0 Å². The van der Waals surface area contributed by atoms with Crippen molar-refractivity contribution < 1.29 is 18.0 Å². The topological polar surface area (TPSA) is 73.8 Å². The third kappa shape index (κ3) is 3.73. The van der Waals surface area contributed by atoms with Gasteiger partial charge in [0.25, 0.3) is 5.91 Å². The summed E-state index contributed by atoms with van der Waals surface area (Å²) in [6.07, 6.45) is -3.15. The standard InChI is InChI=1S/C24H18F3N5OS/c1-13-8-9-19-17(10-13)16(14(2)31(19)12-15-6-4-3-5-7-15)11-18-20(28)32-23(29-21(18)33)34-22(30-32)24(25,26)27/h3-11,28H,12H2,1-2H3/b18-11+,28-20?. The number of carbonyl (C=O) groups excluding carboxylic acids is 1. The van der Waals surface area contributed by atoms with Crippen molar-refractivity contribution >= 4 is 50.7 Å². The monoisotopic (exact) mass is 481 g/mol. The second-order valence-electron chi connectivity index (χ2n) is 8.01. The predicted octanol–water partition coefficient (Wildman–Crippen LogP) is 5.49. The lowest BCUT2D eigenvalue weighted by molar-refractivity contribution is -0.114. The number of amides is 1. The van der Waals surface area contributed by atoms with Crippen LogP contribution in [-0.4, -0.2) is 37.7 Å². The Labute approximate surface area is 197 Å². The number of alkyl halides is 3. The Morgan fingerprint density at radius 1 is 1.12 bits per heavy atom. The van der Waals surface area contributed by atoms with Crippen molar-refractivity contribution in [2.24, 2.45) is 10.1 Å². The highest BCUT2D eigenvalue weighted by Crippen LogP contribution is 2.36. The Kier molecular flexibility index (Phi) is 5.20. The first kappa shape index (κ1) is 22.1. The lowest BCUT2D eigenvalue weighted by atomic mass is 10.0. The van der Waals surface area contributed by atoms with Crippen LogP contribution in [0.3, 0.4) is 0 Å². The molecule has 1 aromatic heterocycles. The van der Waals surface area contributed by atoms with E-state index in [1.165, 1.54) is 6.08 Å². The molecule has 0 bridgehead atoms. The highest BCUT2D eigenvalue weighted by molar-refractivity contribution is 8.27. The molecular weight excluding hydrogens is 463 g/mol. The van der Waals surface area contributed by atoms with Crippen molar-refractivity contribution in [1.29, 1.82) is 5.41 Å². The van der Waals surface area contributed by atoms with Gasteiger partial charge in [-0.1, -0.05) is 42.0 Å². The van der Waals surface area contributed by atoms with E-state index >= 15 is 0 Å². The molecule has 172 valence electrons. The molecule has 3 aromatic rings. The van der Waals surface area contributed by atoms with Crippen LogP contribution in [0, 0.1) is 19.3 Å². The van der Waals surface area contributed by atoms with Gasteiger partial charge in [0, 0.05) is 28.7 Å². The smallest absolute Gasteiger partial charge is 0.340 e. The quantitative estimate of drug-likeness (QED) is 0.503. The Bertz CT molecular complexity index is 1450. The molecule has 0 spiro atoms. The number of halogens is 3. The largest absolute Gasteiger partial charge is 0.441 e. The van der Waals surface area contributed by atoms with Crippen LogP contribution in [0.4, 0.5) is 13.2 Å². The minimum Gasteiger partial charge on any atom is -0.340 e. The maximum absolute atomic E-state index is 13.1. The summed E-state index contributed by atoms with van der Waals surface area (Å²) in [5.74, 6) is -1.20. The molecule has 0 radical (unpaired) electrons. The number of hydrogen-bond donors (Lipinski definition) is 1. The van der Waals surface area contributed by atoms with Gasteiger partial charge in [-0.2, -0.15) is 28.3 Å². The van der Waals surface area contributed by atoms with Crippen molar-refractivity contribution in [3.63, 3.8) is 0 Å². The maximum Gasteiger partial charge on any atom is 0.441 e. The van der Waals surface area contributed by atoms with Crippen LogP contribution in [0.15, 0.2) is 64.2 Å². The normalized spacial score (nSPS) is 17.4. The number of aliphatic imine (C=N–C) groups is 1. The number of hydrogen-bond acceptors (Lipinski definition) is 4. The van der Waals surface area contributed by atoms with Crippen molar-refractivity contribution in [2.75, 3.05) is 0 Å². The van der Waals surface area contributed by atoms with Crippen LogP contribution in [0.1, 0.15) is 22.4 Å². The summed E-state index contributed by atoms with van der Waals surface area (Å²) in [6, 6.07) is 15.9. The number of aromatic nitrogens is 1. The summed E-state index contributed by atoms with van der Waals surface area (Å²) >= 11 is 0.238. The van der Waals surface area contributed by atoms with Gasteiger partial charge < -0.3 is 4.57 Å². The zero-order chi connectivity index (χ0) is 24.2. The number of thioether (sulfide) groups is 1. The van der Waals surface area contributed by atoms with E-state index in [0.717, 1.165) is 32.7 Å². The van der Waals surface area contributed by atoms with Gasteiger partial charge in [0.2, 0.25) is 10.2 Å². The summed E-state index contributed by atoms with van der Waals surface area (Å²) in [6.45, 7) is 4.48. The number of fused-ring (bicyclic) bond motifs is 2. The van der Waals surface area contributed by atoms with Crippen molar-refractivity contribution in [2.45, 2.75) is 26.6 Å². The zero-order valence-corrected chi connectivity index (χ0v) is 19.0. The summed E-state index contributed by atoms with van der Waals surface area (Å²) in [5.41, 5.74) is 4.54. The Balaban J connectivity index is 1.63. The number of nitrogens with zero attached hydrogens (tertiary/aromatic N) is 4. The fraction of sp³-hybridized carbons (Fsp3) is 0.167. The first-order valence-corrected chi connectivity index (χ1v) is 11.2. The van der Waals surface area contributed by atoms with E-state index in [0.29, 0.717) is 12.1 Å². The van der Waals surface area contributed by atoms with Gasteiger partial charge in [0.1, 0.15) is 0 Å². The van der Waals surface area contributed by atoms with E-state index in [9.17, 15) is 18.0 Å². The molecule has 2 aliphatic rings. The average molecular weight is 482 g/mol. The number of hydrazone groups is 1. The van der Waals surface area contributed by atoms with E-state index in [-0.39, 0.29) is 22.5 Å². The first-order chi connectivity index (χ1) is 16.1. The molecule has 0 aliphatic carbocycles. The minimum atomic E-state index is -4.68. The van der Waals surface area contributed by atoms with Crippen LogP contribution in [-0.2, 0) is 11.3 Å². The summed E-state index contributed by atoms with van der Waals surface area (Å²) in [5, 5.41) is 12.1. The van der Waals surface area contributed by atoms with E-state index in [2.05, 4.69) is 14.7 Å². The Morgan fingerprint density at radius 2 is 1.85 bits per heavy atom. The maximum atomic E-state index is 13.1. The predicted molar refractivity (Wildman–Crippen MR) is 128 cm³/mol. The molecule has 5 rings (SSSR count). The molecule has 6 nitrogen and oxygen atoms in total. The van der Waals surface area contributed by atoms with Gasteiger partial charge in [0.05, 0.1) is 5.57 Å². The average Bonchev–Trinajstić information content (AvgIpc) is 3.32. The zero-order valence-electron chi connectivity index (χ0n) is 18.1. The summed E-state index contributed by atoms with van der Waals surface area (Å²) < 4.78 is 41.4. The SMILES string of the molecule is Cc1ccc2c(c1)c(/C=C1\C(=N)N3N=C(C(F)(F)F)SC3=NC1=O)c(C)n2Cc1ccccc1. The number of rotatable bonds is 3. The van der Waals surface area contributed by atoms with Crippen LogP contribution in [0.5, 0.6) is 0 Å². The van der Waals surface area contributed by atoms with Gasteiger partial charge in [-0.15, -0.1) is 0 Å². The van der Waals surface area contributed by atoms with Crippen molar-refractivity contribution in [3.8, 4) is 0 Å². The molecule has 2 aliphatic heterocycles. The molecule has 0 atom stereocenters. The van der Waals surface area contributed by atoms with Crippen LogP contribution in [0.25, 0.3) is 17.0 Å². The fourth-order valence-corrected chi connectivity index (χ4v) is 4.78.